The van der Waals surface area contributed by atoms with Crippen LogP contribution in [0.4, 0.5) is 0 Å². The minimum absolute atomic E-state index is 0.103. The summed E-state index contributed by atoms with van der Waals surface area (Å²) >= 11 is 0. The molecule has 3 aliphatic rings. The van der Waals surface area contributed by atoms with Crippen molar-refractivity contribution in [1.82, 2.24) is 0 Å². The molecule has 0 aromatic carbocycles. The van der Waals surface area contributed by atoms with Gasteiger partial charge in [0, 0.05) is 0 Å². The molecule has 2 saturated heterocycles. The molecule has 0 radical (unpaired) electrons. The fourth-order valence-corrected chi connectivity index (χ4v) is 2.97. The summed E-state index contributed by atoms with van der Waals surface area (Å²) in [6, 6.07) is 0. The minimum Gasteiger partial charge on any atom is -0.394 e. The van der Waals surface area contributed by atoms with Crippen LogP contribution in [0, 0.1) is 11.8 Å². The Morgan fingerprint density at radius 1 is 1.00 bits per heavy atom. The van der Waals surface area contributed by atoms with Crippen molar-refractivity contribution in [2.24, 2.45) is 11.8 Å². The van der Waals surface area contributed by atoms with Gasteiger partial charge in [-0.1, -0.05) is 13.3 Å². The Balaban J connectivity index is 0.000000167. The summed E-state index contributed by atoms with van der Waals surface area (Å²) in [5, 5.41) is 16.8. The molecule has 1 aliphatic carbocycles. The Hall–Kier alpha value is -0.160. The van der Waals surface area contributed by atoms with Crippen LogP contribution in [0.2, 0.25) is 0 Å². The zero-order chi connectivity index (χ0) is 13.7. The summed E-state index contributed by atoms with van der Waals surface area (Å²) in [4.78, 5) is 0. The second-order valence-corrected chi connectivity index (χ2v) is 6.04. The molecule has 4 nitrogen and oxygen atoms in total. The Morgan fingerprint density at radius 2 is 1.42 bits per heavy atom. The number of aliphatic hydroxyl groups is 2. The van der Waals surface area contributed by atoms with E-state index in [9.17, 15) is 0 Å². The van der Waals surface area contributed by atoms with Gasteiger partial charge in [0.1, 0.15) is 0 Å². The molecule has 2 aliphatic heterocycles. The molecule has 112 valence electrons. The van der Waals surface area contributed by atoms with Crippen LogP contribution in [0.1, 0.15) is 45.4 Å². The molecule has 1 saturated carbocycles. The topological polar surface area (TPSA) is 65.5 Å². The van der Waals surface area contributed by atoms with E-state index >= 15 is 0 Å². The summed E-state index contributed by atoms with van der Waals surface area (Å²) in [6.45, 7) is 3.94. The highest BCUT2D eigenvalue weighted by molar-refractivity contribution is 4.88. The maximum absolute atomic E-state index is 8.61. The Bertz CT molecular complexity index is 223. The van der Waals surface area contributed by atoms with E-state index in [1.54, 1.807) is 0 Å². The number of epoxide rings is 2. The minimum atomic E-state index is -0.495. The predicted octanol–water partition coefficient (Wildman–Crippen LogP) is 1.73. The first-order valence-corrected chi connectivity index (χ1v) is 7.76. The largest absolute Gasteiger partial charge is 0.394 e. The van der Waals surface area contributed by atoms with Crippen LogP contribution in [-0.2, 0) is 9.47 Å². The zero-order valence-electron chi connectivity index (χ0n) is 12.0. The molecule has 0 spiro atoms. The third-order valence-corrected chi connectivity index (χ3v) is 4.42. The number of rotatable bonds is 5. The van der Waals surface area contributed by atoms with E-state index in [-0.39, 0.29) is 6.61 Å². The summed E-state index contributed by atoms with van der Waals surface area (Å²) in [5.41, 5.74) is 0. The normalized spacial score (nSPS) is 38.1. The van der Waals surface area contributed by atoms with E-state index in [4.69, 9.17) is 19.7 Å². The molecular formula is C15H28O4. The lowest BCUT2D eigenvalue weighted by molar-refractivity contribution is 0.0877. The summed E-state index contributed by atoms with van der Waals surface area (Å²) in [5.74, 6) is 1.78. The monoisotopic (exact) mass is 272 g/mol. The molecule has 3 unspecified atom stereocenters. The average molecular weight is 272 g/mol. The SMILES string of the molecule is C1CC(C2CO2)CCC1C1CO1.CCCC(O)CO. The number of hydrogen-bond acceptors (Lipinski definition) is 4. The number of hydrogen-bond donors (Lipinski definition) is 2. The van der Waals surface area contributed by atoms with Gasteiger partial charge in [-0.3, -0.25) is 0 Å². The van der Waals surface area contributed by atoms with Gasteiger partial charge in [-0.15, -0.1) is 0 Å². The van der Waals surface area contributed by atoms with Gasteiger partial charge < -0.3 is 19.7 Å². The van der Waals surface area contributed by atoms with Crippen LogP contribution in [0.15, 0.2) is 0 Å². The molecule has 0 amide bonds. The molecule has 0 bridgehead atoms. The molecule has 2 heterocycles. The zero-order valence-corrected chi connectivity index (χ0v) is 12.0. The van der Waals surface area contributed by atoms with Gasteiger partial charge in [0.2, 0.25) is 0 Å². The first kappa shape index (κ1) is 15.2. The van der Waals surface area contributed by atoms with E-state index in [0.29, 0.717) is 18.6 Å². The second-order valence-electron chi connectivity index (χ2n) is 6.04. The van der Waals surface area contributed by atoms with Crippen LogP contribution in [-0.4, -0.2) is 48.3 Å². The molecule has 0 aromatic heterocycles. The van der Waals surface area contributed by atoms with Gasteiger partial charge in [-0.2, -0.15) is 0 Å². The third kappa shape index (κ3) is 5.38. The van der Waals surface area contributed by atoms with Crippen LogP contribution in [0.5, 0.6) is 0 Å². The lowest BCUT2D eigenvalue weighted by atomic mass is 9.79. The van der Waals surface area contributed by atoms with Crippen molar-refractivity contribution in [3.63, 3.8) is 0 Å². The van der Waals surface area contributed by atoms with Crippen molar-refractivity contribution in [3.8, 4) is 0 Å². The van der Waals surface area contributed by atoms with Crippen molar-refractivity contribution in [1.29, 1.82) is 0 Å². The quantitative estimate of drug-likeness (QED) is 0.748. The molecule has 4 heteroatoms. The van der Waals surface area contributed by atoms with E-state index in [0.717, 1.165) is 31.5 Å². The van der Waals surface area contributed by atoms with E-state index < -0.39 is 6.10 Å². The van der Waals surface area contributed by atoms with Gasteiger partial charge >= 0.3 is 0 Å². The molecular weight excluding hydrogens is 244 g/mol. The third-order valence-electron chi connectivity index (χ3n) is 4.42. The Labute approximate surface area is 116 Å². The number of aliphatic hydroxyl groups excluding tert-OH is 2. The van der Waals surface area contributed by atoms with Crippen molar-refractivity contribution < 1.29 is 19.7 Å². The van der Waals surface area contributed by atoms with Crippen LogP contribution in [0.3, 0.4) is 0 Å². The predicted molar refractivity (Wildman–Crippen MR) is 72.9 cm³/mol. The molecule has 3 fully saturated rings. The lowest BCUT2D eigenvalue weighted by Crippen LogP contribution is -2.21. The van der Waals surface area contributed by atoms with Crippen LogP contribution < -0.4 is 0 Å². The highest BCUT2D eigenvalue weighted by atomic mass is 16.6. The lowest BCUT2D eigenvalue weighted by Gasteiger charge is -2.26. The highest BCUT2D eigenvalue weighted by Crippen LogP contribution is 2.40. The van der Waals surface area contributed by atoms with Crippen molar-refractivity contribution in [2.45, 2.75) is 63.8 Å². The maximum Gasteiger partial charge on any atom is 0.0838 e. The fraction of sp³-hybridized carbons (Fsp3) is 1.00. The van der Waals surface area contributed by atoms with Gasteiger partial charge in [0.25, 0.3) is 0 Å². The first-order valence-electron chi connectivity index (χ1n) is 7.76. The molecule has 0 aromatic rings. The van der Waals surface area contributed by atoms with Crippen LogP contribution >= 0.6 is 0 Å². The maximum atomic E-state index is 8.61. The fourth-order valence-electron chi connectivity index (χ4n) is 2.97. The van der Waals surface area contributed by atoms with Crippen molar-refractivity contribution in [3.05, 3.63) is 0 Å². The number of ether oxygens (including phenoxy) is 2. The van der Waals surface area contributed by atoms with E-state index in [2.05, 4.69) is 0 Å². The summed E-state index contributed by atoms with van der Waals surface area (Å²) in [7, 11) is 0. The molecule has 2 N–H and O–H groups in total. The highest BCUT2D eigenvalue weighted by Gasteiger charge is 2.40. The molecule has 3 atom stereocenters. The first-order chi connectivity index (χ1) is 9.24. The molecule has 19 heavy (non-hydrogen) atoms. The average Bonchev–Trinajstić information content (AvgIpc) is 3.33. The van der Waals surface area contributed by atoms with Crippen molar-refractivity contribution in [2.75, 3.05) is 19.8 Å². The van der Waals surface area contributed by atoms with Gasteiger partial charge in [-0.05, 0) is 43.9 Å². The van der Waals surface area contributed by atoms with Crippen LogP contribution in [0.25, 0.3) is 0 Å². The summed E-state index contributed by atoms with van der Waals surface area (Å²) in [6.07, 6.45) is 7.97. The molecule has 3 rings (SSSR count). The van der Waals surface area contributed by atoms with E-state index in [1.165, 1.54) is 25.7 Å². The summed E-state index contributed by atoms with van der Waals surface area (Å²) < 4.78 is 10.7. The standard InChI is InChI=1S/C10H16O2.C5H12O2/c1-2-8(10-6-12-10)4-3-7(1)9-5-11-9;1-2-3-5(7)4-6/h7-10H,1-6H2;5-7H,2-4H2,1H3. The second kappa shape index (κ2) is 7.58. The van der Waals surface area contributed by atoms with Gasteiger partial charge in [0.15, 0.2) is 0 Å². The van der Waals surface area contributed by atoms with Gasteiger partial charge in [-0.25, -0.2) is 0 Å². The smallest absolute Gasteiger partial charge is 0.0838 e. The van der Waals surface area contributed by atoms with E-state index in [1.807, 2.05) is 6.92 Å². The van der Waals surface area contributed by atoms with Crippen molar-refractivity contribution >= 4 is 0 Å². The Morgan fingerprint density at radius 3 is 1.63 bits per heavy atom. The van der Waals surface area contributed by atoms with Gasteiger partial charge in [0.05, 0.1) is 38.1 Å². The Kier molecular flexibility index (Phi) is 6.07.